The fraction of sp³-hybridized carbons (Fsp3) is 0.111. The minimum Gasteiger partial charge on any atom is -0.286 e. The zero-order chi connectivity index (χ0) is 20.6. The van der Waals surface area contributed by atoms with E-state index in [2.05, 4.69) is 33.3 Å². The number of hydrogen-bond acceptors (Lipinski definition) is 6. The summed E-state index contributed by atoms with van der Waals surface area (Å²) in [6.07, 6.45) is -2.82. The fourth-order valence-electron chi connectivity index (χ4n) is 2.77. The minimum atomic E-state index is -4.49. The Hall–Kier alpha value is -2.79. The van der Waals surface area contributed by atoms with Crippen LogP contribution in [-0.4, -0.2) is 31.2 Å². The van der Waals surface area contributed by atoms with Crippen LogP contribution in [0.4, 0.5) is 18.9 Å². The van der Waals surface area contributed by atoms with Gasteiger partial charge in [0.2, 0.25) is 5.82 Å². The molecule has 2 heterocycles. The van der Waals surface area contributed by atoms with E-state index in [1.165, 1.54) is 28.8 Å². The molecule has 2 aromatic carbocycles. The first-order valence-corrected chi connectivity index (χ1v) is 9.64. The Labute approximate surface area is 172 Å². The van der Waals surface area contributed by atoms with Gasteiger partial charge in [0.05, 0.1) is 10.5 Å². The fourth-order valence-corrected chi connectivity index (χ4v) is 4.30. The Morgan fingerprint density at radius 1 is 1.17 bits per heavy atom. The molecule has 0 radical (unpaired) electrons. The second-order valence-corrected chi connectivity index (χ2v) is 7.99. The molecule has 1 amide bonds. The maximum atomic E-state index is 13.0. The molecule has 1 aromatic heterocycles. The van der Waals surface area contributed by atoms with Crippen LogP contribution < -0.4 is 4.90 Å². The molecule has 1 fully saturated rings. The highest BCUT2D eigenvalue weighted by Crippen LogP contribution is 2.42. The van der Waals surface area contributed by atoms with Crippen molar-refractivity contribution in [2.75, 3.05) is 4.90 Å². The number of aromatic amines is 1. The molecule has 6 nitrogen and oxygen atoms in total. The quantitative estimate of drug-likeness (QED) is 0.476. The Kier molecular flexibility index (Phi) is 5.09. The van der Waals surface area contributed by atoms with Crippen molar-refractivity contribution >= 4 is 42.1 Å². The van der Waals surface area contributed by atoms with Gasteiger partial charge in [0.1, 0.15) is 4.71 Å². The van der Waals surface area contributed by atoms with Crippen molar-refractivity contribution in [1.29, 1.82) is 0 Å². The Morgan fingerprint density at radius 2 is 1.93 bits per heavy atom. The van der Waals surface area contributed by atoms with E-state index in [0.29, 0.717) is 10.7 Å². The zero-order valence-electron chi connectivity index (χ0n) is 14.5. The first kappa shape index (κ1) is 19.5. The van der Waals surface area contributed by atoms with Gasteiger partial charge >= 0.3 is 6.18 Å². The summed E-state index contributed by atoms with van der Waals surface area (Å²) in [4.78, 5) is 14.4. The molecule has 1 aliphatic rings. The predicted octanol–water partition coefficient (Wildman–Crippen LogP) is 4.22. The van der Waals surface area contributed by atoms with E-state index in [1.807, 2.05) is 0 Å². The number of carbonyl (C=O) groups is 1. The van der Waals surface area contributed by atoms with Crippen molar-refractivity contribution in [2.24, 2.45) is 0 Å². The maximum absolute atomic E-state index is 13.0. The van der Waals surface area contributed by atoms with Crippen molar-refractivity contribution in [3.63, 3.8) is 0 Å². The number of tetrazole rings is 1. The molecule has 1 atom stereocenters. The molecule has 4 rings (SSSR count). The Morgan fingerprint density at radius 3 is 2.59 bits per heavy atom. The van der Waals surface area contributed by atoms with E-state index in [4.69, 9.17) is 0 Å². The lowest BCUT2D eigenvalue weighted by Gasteiger charge is -2.20. The van der Waals surface area contributed by atoms with Gasteiger partial charge in [-0.1, -0.05) is 42.1 Å². The van der Waals surface area contributed by atoms with Gasteiger partial charge in [-0.25, -0.2) is 0 Å². The van der Waals surface area contributed by atoms with Gasteiger partial charge in [-0.15, -0.1) is 22.8 Å². The van der Waals surface area contributed by atoms with E-state index in [9.17, 15) is 18.0 Å². The van der Waals surface area contributed by atoms with E-state index < -0.39 is 22.4 Å². The molecule has 29 heavy (non-hydrogen) atoms. The molecule has 0 aliphatic carbocycles. The number of hydrogen-bond donors (Lipinski definition) is 2. The van der Waals surface area contributed by atoms with E-state index in [1.54, 1.807) is 30.3 Å². The number of anilines is 1. The second kappa shape index (κ2) is 7.56. The lowest BCUT2D eigenvalue weighted by atomic mass is 10.1. The summed E-state index contributed by atoms with van der Waals surface area (Å²) in [6, 6.07) is 11.8. The summed E-state index contributed by atoms with van der Waals surface area (Å²) < 4.78 is 38.4. The van der Waals surface area contributed by atoms with E-state index >= 15 is 0 Å². The number of thiol groups is 1. The lowest BCUT2D eigenvalue weighted by Crippen LogP contribution is -2.29. The zero-order valence-corrected chi connectivity index (χ0v) is 16.2. The summed E-state index contributed by atoms with van der Waals surface area (Å²) in [5.74, 6) is 0.0400. The highest BCUT2D eigenvalue weighted by atomic mass is 32.2. The predicted molar refractivity (Wildman–Crippen MR) is 107 cm³/mol. The number of nitrogens with one attached hydrogen (secondary N) is 1. The summed E-state index contributed by atoms with van der Waals surface area (Å²) in [5.41, 5.74) is 0.833. The van der Waals surface area contributed by atoms with Crippen LogP contribution in [0.15, 0.2) is 53.4 Å². The third-order valence-corrected chi connectivity index (χ3v) is 5.66. The molecule has 3 aromatic rings. The van der Waals surface area contributed by atoms with Gasteiger partial charge in [0.15, 0.2) is 0 Å². The molecule has 1 aliphatic heterocycles. The van der Waals surface area contributed by atoms with Crippen LogP contribution in [0.1, 0.15) is 11.1 Å². The standard InChI is InChI=1S/C18H12F3N5OS2/c19-18(20,21)12-2-1-3-13(9-12)26-16(27)14(29-17(26)28)8-10-4-6-11(7-5-10)15-22-24-25-23-15/h1-9,17,28H,(H,22,23,24,25)/b14-8-. The smallest absolute Gasteiger partial charge is 0.286 e. The third-order valence-electron chi connectivity index (χ3n) is 4.15. The van der Waals surface area contributed by atoms with Crippen LogP contribution in [0.3, 0.4) is 0 Å². The summed E-state index contributed by atoms with van der Waals surface area (Å²) in [7, 11) is 0. The number of thioether (sulfide) groups is 1. The Bertz CT molecular complexity index is 1070. The number of nitrogens with zero attached hydrogens (tertiary/aromatic N) is 4. The van der Waals surface area contributed by atoms with Gasteiger partial charge in [-0.2, -0.15) is 18.4 Å². The number of benzene rings is 2. The number of H-pyrrole nitrogens is 1. The van der Waals surface area contributed by atoms with Crippen LogP contribution >= 0.6 is 24.4 Å². The summed E-state index contributed by atoms with van der Waals surface area (Å²) >= 11 is 5.53. The molecule has 1 saturated heterocycles. The SMILES string of the molecule is O=C1/C(=C/c2ccc(-c3nn[nH]n3)cc2)SC(S)N1c1cccc(C(F)(F)F)c1. The number of carbonyl (C=O) groups excluding carboxylic acids is 1. The topological polar surface area (TPSA) is 74.8 Å². The average molecular weight is 435 g/mol. The van der Waals surface area contributed by atoms with E-state index in [-0.39, 0.29) is 5.69 Å². The van der Waals surface area contributed by atoms with Gasteiger partial charge in [-0.05, 0) is 35.1 Å². The molecule has 0 spiro atoms. The van der Waals surface area contributed by atoms with Gasteiger partial charge < -0.3 is 0 Å². The number of amides is 1. The molecule has 1 unspecified atom stereocenters. The second-order valence-electron chi connectivity index (χ2n) is 6.03. The number of aromatic nitrogens is 4. The van der Waals surface area contributed by atoms with Crippen LogP contribution in [-0.2, 0) is 11.0 Å². The van der Waals surface area contributed by atoms with Gasteiger partial charge in [0.25, 0.3) is 5.91 Å². The molecule has 0 saturated carbocycles. The monoisotopic (exact) mass is 435 g/mol. The number of rotatable bonds is 3. The highest BCUT2D eigenvalue weighted by Gasteiger charge is 2.37. The summed E-state index contributed by atoms with van der Waals surface area (Å²) in [6.45, 7) is 0. The van der Waals surface area contributed by atoms with Crippen LogP contribution in [0, 0.1) is 0 Å². The molecule has 11 heteroatoms. The number of halogens is 3. The van der Waals surface area contributed by atoms with Crippen molar-refractivity contribution in [3.8, 4) is 11.4 Å². The number of alkyl halides is 3. The normalized spacial score (nSPS) is 18.6. The molecule has 148 valence electrons. The van der Waals surface area contributed by atoms with Crippen LogP contribution in [0.2, 0.25) is 0 Å². The van der Waals surface area contributed by atoms with Crippen molar-refractivity contribution in [3.05, 3.63) is 64.6 Å². The van der Waals surface area contributed by atoms with Gasteiger partial charge in [-0.3, -0.25) is 9.69 Å². The van der Waals surface area contributed by atoms with Crippen molar-refractivity contribution < 1.29 is 18.0 Å². The molecular weight excluding hydrogens is 423 g/mol. The average Bonchev–Trinajstić information content (AvgIpc) is 3.31. The highest BCUT2D eigenvalue weighted by molar-refractivity contribution is 8.14. The third kappa shape index (κ3) is 4.01. The molecular formula is C18H12F3N5OS2. The van der Waals surface area contributed by atoms with Crippen molar-refractivity contribution in [1.82, 2.24) is 20.6 Å². The van der Waals surface area contributed by atoms with E-state index in [0.717, 1.165) is 23.3 Å². The van der Waals surface area contributed by atoms with Gasteiger partial charge in [0, 0.05) is 11.3 Å². The molecule has 0 bridgehead atoms. The minimum absolute atomic E-state index is 0.146. The molecule has 1 N–H and O–H groups in total. The maximum Gasteiger partial charge on any atom is 0.416 e. The van der Waals surface area contributed by atoms with Crippen LogP contribution in [0.5, 0.6) is 0 Å². The van der Waals surface area contributed by atoms with Crippen LogP contribution in [0.25, 0.3) is 17.5 Å². The first-order chi connectivity index (χ1) is 13.8. The summed E-state index contributed by atoms with van der Waals surface area (Å²) in [5, 5.41) is 13.7. The largest absolute Gasteiger partial charge is 0.416 e. The Balaban J connectivity index is 1.59. The lowest BCUT2D eigenvalue weighted by molar-refractivity contribution is -0.137. The first-order valence-electron chi connectivity index (χ1n) is 8.24. The van der Waals surface area contributed by atoms with Crippen molar-refractivity contribution in [2.45, 2.75) is 10.9 Å².